The van der Waals surface area contributed by atoms with Crippen LogP contribution in [0.15, 0.2) is 48.5 Å². The number of amides is 3. The van der Waals surface area contributed by atoms with Crippen molar-refractivity contribution < 1.29 is 28.6 Å². The van der Waals surface area contributed by atoms with E-state index in [9.17, 15) is 14.4 Å². The predicted octanol–water partition coefficient (Wildman–Crippen LogP) is 1.29. The number of fused-ring (bicyclic) bond motifs is 2. The third-order valence-electron chi connectivity index (χ3n) is 5.79. The van der Waals surface area contributed by atoms with Gasteiger partial charge < -0.3 is 29.3 Å². The zero-order valence-electron chi connectivity index (χ0n) is 17.4. The molecule has 0 aromatic heterocycles. The second kappa shape index (κ2) is 8.41. The SMILES string of the molecule is O=C1Nc2ccccc2O[C@H]1CC(=O)N1CCN(C(=O)[C@@H]2COc3ccccc3O2)CC1. The summed E-state index contributed by atoms with van der Waals surface area (Å²) in [5.41, 5.74) is 0.602. The van der Waals surface area contributed by atoms with Crippen molar-refractivity contribution in [3.05, 3.63) is 48.5 Å². The number of carbonyl (C=O) groups excluding carboxylic acids is 3. The average Bonchev–Trinajstić information content (AvgIpc) is 2.84. The summed E-state index contributed by atoms with van der Waals surface area (Å²) < 4.78 is 17.2. The first-order chi connectivity index (χ1) is 15.6. The van der Waals surface area contributed by atoms with Gasteiger partial charge in [-0.15, -0.1) is 0 Å². The Labute approximate surface area is 184 Å². The van der Waals surface area contributed by atoms with Crippen LogP contribution in [0.3, 0.4) is 0 Å². The summed E-state index contributed by atoms with van der Waals surface area (Å²) in [6, 6.07) is 14.4. The van der Waals surface area contributed by atoms with Crippen molar-refractivity contribution in [1.29, 1.82) is 0 Å². The molecule has 5 rings (SSSR count). The molecule has 9 heteroatoms. The van der Waals surface area contributed by atoms with Gasteiger partial charge in [0.2, 0.25) is 12.0 Å². The lowest BCUT2D eigenvalue weighted by atomic mass is 10.1. The maximum atomic E-state index is 12.9. The van der Waals surface area contributed by atoms with E-state index in [1.54, 1.807) is 40.1 Å². The molecule has 3 aliphatic heterocycles. The average molecular weight is 437 g/mol. The van der Waals surface area contributed by atoms with Gasteiger partial charge in [-0.3, -0.25) is 14.4 Å². The maximum Gasteiger partial charge on any atom is 0.267 e. The number of anilines is 1. The van der Waals surface area contributed by atoms with Crippen LogP contribution in [0.1, 0.15) is 6.42 Å². The van der Waals surface area contributed by atoms with Crippen LogP contribution in [0.5, 0.6) is 17.2 Å². The summed E-state index contributed by atoms with van der Waals surface area (Å²) in [5.74, 6) is 1.07. The molecule has 0 unspecified atom stereocenters. The van der Waals surface area contributed by atoms with Crippen LogP contribution in [0.2, 0.25) is 0 Å². The van der Waals surface area contributed by atoms with Crippen molar-refractivity contribution in [1.82, 2.24) is 9.80 Å². The fourth-order valence-corrected chi connectivity index (χ4v) is 4.04. The predicted molar refractivity (Wildman–Crippen MR) is 114 cm³/mol. The maximum absolute atomic E-state index is 12.9. The van der Waals surface area contributed by atoms with Gasteiger partial charge in [0.05, 0.1) is 12.1 Å². The second-order valence-corrected chi connectivity index (χ2v) is 7.87. The number of nitrogens with zero attached hydrogens (tertiary/aromatic N) is 2. The quantitative estimate of drug-likeness (QED) is 0.777. The summed E-state index contributed by atoms with van der Waals surface area (Å²) in [4.78, 5) is 41.3. The van der Waals surface area contributed by atoms with Crippen molar-refractivity contribution in [2.45, 2.75) is 18.6 Å². The first-order valence-corrected chi connectivity index (χ1v) is 10.6. The summed E-state index contributed by atoms with van der Waals surface area (Å²) in [5, 5.41) is 2.77. The van der Waals surface area contributed by atoms with Crippen LogP contribution in [0.4, 0.5) is 5.69 Å². The highest BCUT2D eigenvalue weighted by Crippen LogP contribution is 2.32. The van der Waals surface area contributed by atoms with Crippen LogP contribution in [0, 0.1) is 0 Å². The molecule has 0 aliphatic carbocycles. The molecule has 9 nitrogen and oxygen atoms in total. The molecular weight excluding hydrogens is 414 g/mol. The molecule has 3 amide bonds. The lowest BCUT2D eigenvalue weighted by Gasteiger charge is -2.37. The van der Waals surface area contributed by atoms with E-state index >= 15 is 0 Å². The second-order valence-electron chi connectivity index (χ2n) is 7.87. The highest BCUT2D eigenvalue weighted by Gasteiger charge is 2.35. The summed E-state index contributed by atoms with van der Waals surface area (Å²) in [6.45, 7) is 1.73. The van der Waals surface area contributed by atoms with Crippen molar-refractivity contribution in [2.75, 3.05) is 38.1 Å². The zero-order valence-corrected chi connectivity index (χ0v) is 17.4. The molecule has 2 aromatic carbocycles. The molecule has 3 heterocycles. The van der Waals surface area contributed by atoms with Gasteiger partial charge in [0, 0.05) is 26.2 Å². The lowest BCUT2D eigenvalue weighted by Crippen LogP contribution is -2.55. The molecular formula is C23H23N3O6. The van der Waals surface area contributed by atoms with E-state index in [-0.39, 0.29) is 30.7 Å². The van der Waals surface area contributed by atoms with E-state index in [0.29, 0.717) is 49.1 Å². The van der Waals surface area contributed by atoms with Crippen LogP contribution in [0.25, 0.3) is 0 Å². The lowest BCUT2D eigenvalue weighted by molar-refractivity contribution is -0.147. The van der Waals surface area contributed by atoms with Crippen molar-refractivity contribution in [3.63, 3.8) is 0 Å². The number of rotatable bonds is 3. The van der Waals surface area contributed by atoms with Gasteiger partial charge in [-0.1, -0.05) is 24.3 Å². The van der Waals surface area contributed by atoms with Gasteiger partial charge >= 0.3 is 0 Å². The highest BCUT2D eigenvalue weighted by molar-refractivity contribution is 6.00. The third-order valence-corrected chi connectivity index (χ3v) is 5.79. The molecule has 0 spiro atoms. The Bertz CT molecular complexity index is 1050. The molecule has 3 aliphatic rings. The Balaban J connectivity index is 1.14. The summed E-state index contributed by atoms with van der Waals surface area (Å²) in [6.07, 6.45) is -1.62. The molecule has 0 radical (unpaired) electrons. The van der Waals surface area contributed by atoms with E-state index in [1.165, 1.54) is 0 Å². The summed E-state index contributed by atoms with van der Waals surface area (Å²) in [7, 11) is 0. The van der Waals surface area contributed by atoms with Crippen LogP contribution in [-0.4, -0.2) is 72.5 Å². The third kappa shape index (κ3) is 3.93. The fraction of sp³-hybridized carbons (Fsp3) is 0.348. The minimum atomic E-state index is -0.870. The Morgan fingerprint density at radius 2 is 1.53 bits per heavy atom. The monoisotopic (exact) mass is 437 g/mol. The fourth-order valence-electron chi connectivity index (χ4n) is 4.04. The minimum Gasteiger partial charge on any atom is -0.485 e. The topological polar surface area (TPSA) is 97.4 Å². The number of piperazine rings is 1. The van der Waals surface area contributed by atoms with Gasteiger partial charge in [-0.05, 0) is 24.3 Å². The van der Waals surface area contributed by atoms with E-state index in [0.717, 1.165) is 0 Å². The van der Waals surface area contributed by atoms with Gasteiger partial charge in [0.1, 0.15) is 12.4 Å². The van der Waals surface area contributed by atoms with Crippen LogP contribution < -0.4 is 19.5 Å². The van der Waals surface area contributed by atoms with Gasteiger partial charge in [0.15, 0.2) is 17.6 Å². The van der Waals surface area contributed by atoms with E-state index in [1.807, 2.05) is 18.2 Å². The molecule has 32 heavy (non-hydrogen) atoms. The standard InChI is InChI=1S/C23H23N3O6/c27-21(13-19-22(28)24-15-5-1-2-6-16(15)31-19)25-9-11-26(12-10-25)23(29)20-14-30-17-7-3-4-8-18(17)32-20/h1-8,19-20H,9-14H2,(H,24,28)/t19-,20-/m0/s1. The first-order valence-electron chi connectivity index (χ1n) is 10.6. The van der Waals surface area contributed by atoms with E-state index in [2.05, 4.69) is 5.32 Å². The van der Waals surface area contributed by atoms with Gasteiger partial charge in [-0.2, -0.15) is 0 Å². The smallest absolute Gasteiger partial charge is 0.267 e. The number of nitrogens with one attached hydrogen (secondary N) is 1. The molecule has 166 valence electrons. The van der Waals surface area contributed by atoms with Crippen LogP contribution in [-0.2, 0) is 14.4 Å². The number of carbonyl (C=O) groups is 3. The van der Waals surface area contributed by atoms with Crippen molar-refractivity contribution >= 4 is 23.4 Å². The highest BCUT2D eigenvalue weighted by atomic mass is 16.6. The molecule has 2 aromatic rings. The van der Waals surface area contributed by atoms with E-state index in [4.69, 9.17) is 14.2 Å². The number of para-hydroxylation sites is 4. The molecule has 2 atom stereocenters. The molecule has 1 N–H and O–H groups in total. The van der Waals surface area contributed by atoms with Crippen molar-refractivity contribution in [2.24, 2.45) is 0 Å². The Morgan fingerprint density at radius 1 is 0.875 bits per heavy atom. The molecule has 1 fully saturated rings. The van der Waals surface area contributed by atoms with Gasteiger partial charge in [0.25, 0.3) is 11.8 Å². The molecule has 1 saturated heterocycles. The number of ether oxygens (including phenoxy) is 3. The van der Waals surface area contributed by atoms with Gasteiger partial charge in [-0.25, -0.2) is 0 Å². The minimum absolute atomic E-state index is 0.0511. The van der Waals surface area contributed by atoms with Crippen LogP contribution >= 0.6 is 0 Å². The number of hydrogen-bond donors (Lipinski definition) is 1. The number of benzene rings is 2. The Morgan fingerprint density at radius 3 is 2.31 bits per heavy atom. The van der Waals surface area contributed by atoms with E-state index < -0.39 is 12.2 Å². The Kier molecular flexibility index (Phi) is 5.30. The van der Waals surface area contributed by atoms with Crippen molar-refractivity contribution in [3.8, 4) is 17.2 Å². The summed E-state index contributed by atoms with van der Waals surface area (Å²) >= 11 is 0. The molecule has 0 bridgehead atoms. The number of hydrogen-bond acceptors (Lipinski definition) is 6. The zero-order chi connectivity index (χ0) is 22.1. The molecule has 0 saturated carbocycles. The Hall–Kier alpha value is -3.75. The normalized spacial score (nSPS) is 21.8. The first kappa shape index (κ1) is 20.2. The largest absolute Gasteiger partial charge is 0.485 e.